The van der Waals surface area contributed by atoms with Gasteiger partial charge >= 0.3 is 0 Å². The Morgan fingerprint density at radius 3 is 2.07 bits per heavy atom. The van der Waals surface area contributed by atoms with Crippen molar-refractivity contribution in [2.75, 3.05) is 36.4 Å². The van der Waals surface area contributed by atoms with Crippen molar-refractivity contribution >= 4 is 23.2 Å². The van der Waals surface area contributed by atoms with E-state index in [0.29, 0.717) is 0 Å². The molecule has 2 fully saturated rings. The van der Waals surface area contributed by atoms with Crippen LogP contribution in [0.2, 0.25) is 0 Å². The van der Waals surface area contributed by atoms with E-state index in [-0.39, 0.29) is 11.8 Å². The standard InChI is InChI=1S/C23H35N3O2/c1-18-12-16-25(17-13-18)20-10-8-19(9-11-20)24-21(27)23(2,3)22(28)26-14-6-4-5-7-15-26/h8-11,18H,4-7,12-17H2,1-3H3,(H,24,27). The van der Waals surface area contributed by atoms with E-state index in [0.717, 1.165) is 50.6 Å². The number of rotatable bonds is 4. The van der Waals surface area contributed by atoms with Gasteiger partial charge < -0.3 is 15.1 Å². The first kappa shape index (κ1) is 20.7. The molecule has 2 saturated heterocycles. The van der Waals surface area contributed by atoms with Crippen LogP contribution in [0.3, 0.4) is 0 Å². The largest absolute Gasteiger partial charge is 0.372 e. The highest BCUT2D eigenvalue weighted by Gasteiger charge is 2.39. The molecule has 0 bridgehead atoms. The first-order valence-electron chi connectivity index (χ1n) is 10.8. The molecule has 0 spiro atoms. The summed E-state index contributed by atoms with van der Waals surface area (Å²) in [5, 5.41) is 2.95. The van der Waals surface area contributed by atoms with Crippen molar-refractivity contribution in [2.45, 2.75) is 59.3 Å². The predicted octanol–water partition coefficient (Wildman–Crippen LogP) is 4.29. The molecule has 2 aliphatic rings. The van der Waals surface area contributed by atoms with Gasteiger partial charge in [-0.2, -0.15) is 0 Å². The minimum atomic E-state index is -1.06. The lowest BCUT2D eigenvalue weighted by Gasteiger charge is -2.32. The summed E-state index contributed by atoms with van der Waals surface area (Å²) in [6, 6.07) is 8.01. The van der Waals surface area contributed by atoms with E-state index in [2.05, 4.69) is 29.3 Å². The number of amides is 2. The molecule has 1 aromatic carbocycles. The third-order valence-electron chi connectivity index (χ3n) is 6.27. The highest BCUT2D eigenvalue weighted by atomic mass is 16.2. The smallest absolute Gasteiger partial charge is 0.239 e. The lowest BCUT2D eigenvalue weighted by Crippen LogP contribution is -2.47. The molecule has 1 N–H and O–H groups in total. The van der Waals surface area contributed by atoms with Gasteiger partial charge in [0.1, 0.15) is 5.41 Å². The first-order valence-corrected chi connectivity index (χ1v) is 10.8. The average Bonchev–Trinajstić information content (AvgIpc) is 2.98. The Morgan fingerprint density at radius 1 is 0.929 bits per heavy atom. The van der Waals surface area contributed by atoms with Crippen LogP contribution in [0.25, 0.3) is 0 Å². The molecule has 28 heavy (non-hydrogen) atoms. The second-order valence-corrected chi connectivity index (χ2v) is 9.00. The van der Waals surface area contributed by atoms with Crippen LogP contribution in [-0.4, -0.2) is 42.9 Å². The third kappa shape index (κ3) is 4.86. The van der Waals surface area contributed by atoms with Gasteiger partial charge in [-0.25, -0.2) is 0 Å². The highest BCUT2D eigenvalue weighted by molar-refractivity contribution is 6.09. The molecule has 0 unspecified atom stereocenters. The average molecular weight is 386 g/mol. The lowest BCUT2D eigenvalue weighted by atomic mass is 9.90. The van der Waals surface area contributed by atoms with Gasteiger partial charge in [-0.15, -0.1) is 0 Å². The number of carbonyl (C=O) groups excluding carboxylic acids is 2. The lowest BCUT2D eigenvalue weighted by molar-refractivity contribution is -0.146. The van der Waals surface area contributed by atoms with E-state index in [1.165, 1.54) is 31.4 Å². The number of hydrogen-bond acceptors (Lipinski definition) is 3. The molecule has 5 nitrogen and oxygen atoms in total. The summed E-state index contributed by atoms with van der Waals surface area (Å²) in [7, 11) is 0. The second-order valence-electron chi connectivity index (χ2n) is 9.00. The quantitative estimate of drug-likeness (QED) is 0.787. The number of carbonyl (C=O) groups is 2. The Bertz CT molecular complexity index is 668. The second kappa shape index (κ2) is 8.97. The number of nitrogens with one attached hydrogen (secondary N) is 1. The first-order chi connectivity index (χ1) is 13.4. The van der Waals surface area contributed by atoms with Gasteiger partial charge in [0, 0.05) is 37.6 Å². The third-order valence-corrected chi connectivity index (χ3v) is 6.27. The van der Waals surface area contributed by atoms with Gasteiger partial charge in [-0.05, 0) is 69.7 Å². The Hall–Kier alpha value is -2.04. The molecule has 2 amide bonds. The number of anilines is 2. The van der Waals surface area contributed by atoms with Gasteiger partial charge in [0.25, 0.3) is 0 Å². The van der Waals surface area contributed by atoms with Crippen LogP contribution in [0, 0.1) is 11.3 Å². The van der Waals surface area contributed by atoms with Crippen molar-refractivity contribution in [1.29, 1.82) is 0 Å². The summed E-state index contributed by atoms with van der Waals surface area (Å²) in [6.45, 7) is 9.48. The van der Waals surface area contributed by atoms with Crippen molar-refractivity contribution in [3.05, 3.63) is 24.3 Å². The van der Waals surface area contributed by atoms with Crippen LogP contribution >= 0.6 is 0 Å². The van der Waals surface area contributed by atoms with Crippen molar-refractivity contribution in [3.8, 4) is 0 Å². The van der Waals surface area contributed by atoms with Crippen molar-refractivity contribution in [1.82, 2.24) is 4.90 Å². The zero-order chi connectivity index (χ0) is 20.1. The molecule has 0 radical (unpaired) electrons. The topological polar surface area (TPSA) is 52.7 Å². The van der Waals surface area contributed by atoms with Crippen LogP contribution in [0.5, 0.6) is 0 Å². The normalized spacial score (nSPS) is 19.2. The summed E-state index contributed by atoms with van der Waals surface area (Å²) in [5.74, 6) is 0.506. The monoisotopic (exact) mass is 385 g/mol. The van der Waals surface area contributed by atoms with Gasteiger partial charge in [0.2, 0.25) is 11.8 Å². The van der Waals surface area contributed by atoms with Crippen molar-refractivity contribution in [2.24, 2.45) is 11.3 Å². The molecular formula is C23H35N3O2. The van der Waals surface area contributed by atoms with Gasteiger partial charge in [-0.1, -0.05) is 19.8 Å². The zero-order valence-corrected chi connectivity index (χ0v) is 17.7. The van der Waals surface area contributed by atoms with E-state index in [1.54, 1.807) is 13.8 Å². The molecule has 0 aromatic heterocycles. The Balaban J connectivity index is 1.60. The summed E-state index contributed by atoms with van der Waals surface area (Å²) < 4.78 is 0. The predicted molar refractivity (Wildman–Crippen MR) is 115 cm³/mol. The van der Waals surface area contributed by atoms with Gasteiger partial charge in [-0.3, -0.25) is 9.59 Å². The van der Waals surface area contributed by atoms with Crippen LogP contribution in [0.1, 0.15) is 59.3 Å². The fourth-order valence-corrected chi connectivity index (χ4v) is 4.08. The summed E-state index contributed by atoms with van der Waals surface area (Å²) in [4.78, 5) is 30.1. The van der Waals surface area contributed by atoms with Crippen LogP contribution in [0.15, 0.2) is 24.3 Å². The minimum absolute atomic E-state index is 0.0639. The number of likely N-dealkylation sites (tertiary alicyclic amines) is 1. The molecule has 154 valence electrons. The van der Waals surface area contributed by atoms with Crippen LogP contribution in [-0.2, 0) is 9.59 Å². The van der Waals surface area contributed by atoms with Crippen molar-refractivity contribution in [3.63, 3.8) is 0 Å². The highest BCUT2D eigenvalue weighted by Crippen LogP contribution is 2.27. The molecule has 2 heterocycles. The summed E-state index contributed by atoms with van der Waals surface area (Å²) >= 11 is 0. The fraction of sp³-hybridized carbons (Fsp3) is 0.652. The molecule has 2 aliphatic heterocycles. The molecule has 0 saturated carbocycles. The number of piperidine rings is 1. The Labute approximate surface area is 169 Å². The fourth-order valence-electron chi connectivity index (χ4n) is 4.08. The number of hydrogen-bond donors (Lipinski definition) is 1. The van der Waals surface area contributed by atoms with Crippen LogP contribution in [0.4, 0.5) is 11.4 Å². The molecule has 0 atom stereocenters. The number of nitrogens with zero attached hydrogens (tertiary/aromatic N) is 2. The van der Waals surface area contributed by atoms with E-state index < -0.39 is 5.41 Å². The molecular weight excluding hydrogens is 350 g/mol. The van der Waals surface area contributed by atoms with Gasteiger partial charge in [0.15, 0.2) is 0 Å². The van der Waals surface area contributed by atoms with E-state index in [1.807, 2.05) is 17.0 Å². The zero-order valence-electron chi connectivity index (χ0n) is 17.7. The summed E-state index contributed by atoms with van der Waals surface area (Å²) in [5.41, 5.74) is 0.882. The maximum Gasteiger partial charge on any atom is 0.239 e. The molecule has 3 rings (SSSR count). The minimum Gasteiger partial charge on any atom is -0.372 e. The maximum absolute atomic E-state index is 12.9. The molecule has 0 aliphatic carbocycles. The van der Waals surface area contributed by atoms with E-state index >= 15 is 0 Å². The van der Waals surface area contributed by atoms with Gasteiger partial charge in [0.05, 0.1) is 0 Å². The molecule has 5 heteroatoms. The Morgan fingerprint density at radius 2 is 1.50 bits per heavy atom. The maximum atomic E-state index is 12.9. The number of benzene rings is 1. The van der Waals surface area contributed by atoms with E-state index in [9.17, 15) is 9.59 Å². The SMILES string of the molecule is CC1CCN(c2ccc(NC(=O)C(C)(C)C(=O)N3CCCCCC3)cc2)CC1. The summed E-state index contributed by atoms with van der Waals surface area (Å²) in [6.07, 6.45) is 6.84. The Kier molecular flexibility index (Phi) is 6.63. The van der Waals surface area contributed by atoms with Crippen LogP contribution < -0.4 is 10.2 Å². The van der Waals surface area contributed by atoms with Crippen molar-refractivity contribution < 1.29 is 9.59 Å². The van der Waals surface area contributed by atoms with E-state index in [4.69, 9.17) is 0 Å². The molecule has 1 aromatic rings.